The molecule has 0 aliphatic rings. The predicted octanol–water partition coefficient (Wildman–Crippen LogP) is 1.62. The van der Waals surface area contributed by atoms with Crippen molar-refractivity contribution in [1.29, 1.82) is 0 Å². The Morgan fingerprint density at radius 1 is 1.42 bits per heavy atom. The number of rotatable bonds is 2. The fourth-order valence-corrected chi connectivity index (χ4v) is 0.617. The zero-order valence-corrected chi connectivity index (χ0v) is 8.20. The second-order valence-electron chi connectivity index (χ2n) is 2.65. The molecule has 1 N–H and O–H groups in total. The quantitative estimate of drug-likeness (QED) is 0.492. The van der Waals surface area contributed by atoms with Crippen molar-refractivity contribution in [2.45, 2.75) is 26.8 Å². The van der Waals surface area contributed by atoms with Gasteiger partial charge in [-0.25, -0.2) is 4.99 Å². The van der Waals surface area contributed by atoms with E-state index in [4.69, 9.17) is 0 Å². The summed E-state index contributed by atoms with van der Waals surface area (Å²) in [6, 6.07) is 0.367. The van der Waals surface area contributed by atoms with E-state index in [1.165, 1.54) is 0 Å². The maximum Gasteiger partial charge on any atom is 0.217 e. The van der Waals surface area contributed by atoms with Crippen LogP contribution in [0.5, 0.6) is 0 Å². The van der Waals surface area contributed by atoms with E-state index in [9.17, 15) is 0 Å². The first-order valence-electron chi connectivity index (χ1n) is 4.09. The lowest BCUT2D eigenvalue weighted by molar-refractivity contribution is 0.727. The molecule has 0 spiro atoms. The normalized spacial score (nSPS) is 13.6. The van der Waals surface area contributed by atoms with E-state index < -0.39 is 0 Å². The van der Waals surface area contributed by atoms with Gasteiger partial charge in [0.15, 0.2) is 0 Å². The minimum Gasteiger partial charge on any atom is -0.352 e. The van der Waals surface area contributed by atoms with Gasteiger partial charge >= 0.3 is 0 Å². The van der Waals surface area contributed by atoms with Crippen LogP contribution < -0.4 is 5.32 Å². The largest absolute Gasteiger partial charge is 0.352 e. The van der Waals surface area contributed by atoms with Gasteiger partial charge in [0.1, 0.15) is 0 Å². The van der Waals surface area contributed by atoms with E-state index in [1.54, 1.807) is 13.3 Å². The Hall–Kier alpha value is -1.12. The molecule has 0 aliphatic carbocycles. The average Bonchev–Trinajstić information content (AvgIpc) is 2.02. The zero-order valence-electron chi connectivity index (χ0n) is 8.20. The van der Waals surface area contributed by atoms with Gasteiger partial charge in [0.2, 0.25) is 5.96 Å². The fourth-order valence-electron chi connectivity index (χ4n) is 0.617. The van der Waals surface area contributed by atoms with Gasteiger partial charge in [0.25, 0.3) is 0 Å². The molecule has 3 heteroatoms. The summed E-state index contributed by atoms with van der Waals surface area (Å²) in [5, 5.41) is 3.11. The molecule has 0 unspecified atom stereocenters. The molecule has 0 heterocycles. The molecule has 3 nitrogen and oxygen atoms in total. The van der Waals surface area contributed by atoms with E-state index >= 15 is 0 Å². The van der Waals surface area contributed by atoms with Crippen molar-refractivity contribution in [1.82, 2.24) is 5.32 Å². The van der Waals surface area contributed by atoms with Crippen LogP contribution in [0.25, 0.3) is 0 Å². The van der Waals surface area contributed by atoms with E-state index in [0.29, 0.717) is 12.0 Å². The summed E-state index contributed by atoms with van der Waals surface area (Å²) < 4.78 is 0. The molecule has 0 fully saturated rings. The van der Waals surface area contributed by atoms with Gasteiger partial charge in [-0.2, -0.15) is 0 Å². The molecule has 0 rings (SSSR count). The molecule has 0 amide bonds. The highest BCUT2D eigenvalue weighted by Gasteiger charge is 1.94. The van der Waals surface area contributed by atoms with E-state index in [2.05, 4.69) is 29.1 Å². The second kappa shape index (κ2) is 6.58. The van der Waals surface area contributed by atoms with Crippen molar-refractivity contribution < 1.29 is 0 Å². The lowest BCUT2D eigenvalue weighted by atomic mass is 10.4. The van der Waals surface area contributed by atoms with Crippen molar-refractivity contribution in [3.63, 3.8) is 0 Å². The average molecular weight is 167 g/mol. The summed E-state index contributed by atoms with van der Waals surface area (Å²) in [5.74, 6) is 0.670. The number of hydrogen-bond acceptors (Lipinski definition) is 1. The standard InChI is InChI=1S/C9H17N3/c1-5-6-7-11-9(10-4)12-8(2)3/h5-8H,1-4H3,(H,10,12)/b6-5-,11-7-. The molecule has 0 aliphatic heterocycles. The van der Waals surface area contributed by atoms with Crippen LogP contribution in [0.15, 0.2) is 22.1 Å². The van der Waals surface area contributed by atoms with Crippen molar-refractivity contribution in [2.75, 3.05) is 7.05 Å². The third kappa shape index (κ3) is 5.65. The number of hydrogen-bond donors (Lipinski definition) is 1. The highest BCUT2D eigenvalue weighted by Crippen LogP contribution is 1.81. The first-order chi connectivity index (χ1) is 5.70. The smallest absolute Gasteiger partial charge is 0.217 e. The molecule has 0 aromatic carbocycles. The van der Waals surface area contributed by atoms with Crippen LogP contribution in [0, 0.1) is 0 Å². The molecule has 68 valence electrons. The first kappa shape index (κ1) is 10.9. The number of aliphatic imine (C=N–C) groups is 2. The fraction of sp³-hybridized carbons (Fsp3) is 0.556. The SMILES string of the molecule is C\C=C/C=N\C(=N/C)NC(C)C. The maximum absolute atomic E-state index is 4.10. The van der Waals surface area contributed by atoms with Gasteiger partial charge in [-0.1, -0.05) is 6.08 Å². The Morgan fingerprint density at radius 2 is 2.08 bits per heavy atom. The predicted molar refractivity (Wildman–Crippen MR) is 54.9 cm³/mol. The summed E-state index contributed by atoms with van der Waals surface area (Å²) in [5.41, 5.74) is 0. The number of nitrogens with one attached hydrogen (secondary N) is 1. The Bertz CT molecular complexity index is 190. The molecular weight excluding hydrogens is 150 g/mol. The van der Waals surface area contributed by atoms with Crippen LogP contribution in [0.4, 0.5) is 0 Å². The summed E-state index contributed by atoms with van der Waals surface area (Å²) in [7, 11) is 1.72. The molecule has 0 saturated heterocycles. The second-order valence-corrected chi connectivity index (χ2v) is 2.65. The minimum absolute atomic E-state index is 0.367. The monoisotopic (exact) mass is 167 g/mol. The summed E-state index contributed by atoms with van der Waals surface area (Å²) in [6.07, 6.45) is 5.51. The van der Waals surface area contributed by atoms with E-state index in [1.807, 2.05) is 19.1 Å². The molecule has 0 aromatic rings. The van der Waals surface area contributed by atoms with Crippen LogP contribution in [-0.2, 0) is 0 Å². The minimum atomic E-state index is 0.367. The van der Waals surface area contributed by atoms with Crippen LogP contribution in [0.2, 0.25) is 0 Å². The molecule has 0 bridgehead atoms. The van der Waals surface area contributed by atoms with Gasteiger partial charge in [-0.15, -0.1) is 0 Å². The third-order valence-electron chi connectivity index (χ3n) is 1.10. The molecule has 12 heavy (non-hydrogen) atoms. The number of nitrogens with zero attached hydrogens (tertiary/aromatic N) is 2. The Labute approximate surface area is 74.3 Å². The highest BCUT2D eigenvalue weighted by molar-refractivity contribution is 5.90. The summed E-state index contributed by atoms with van der Waals surface area (Å²) >= 11 is 0. The summed E-state index contributed by atoms with van der Waals surface area (Å²) in [6.45, 7) is 6.05. The zero-order chi connectivity index (χ0) is 9.40. The Kier molecular flexibility index (Phi) is 5.97. The molecule has 0 aromatic heterocycles. The van der Waals surface area contributed by atoms with Gasteiger partial charge in [-0.05, 0) is 26.8 Å². The Morgan fingerprint density at radius 3 is 2.50 bits per heavy atom. The van der Waals surface area contributed by atoms with Crippen LogP contribution in [-0.4, -0.2) is 25.3 Å². The molecule has 0 atom stereocenters. The molecule has 0 saturated carbocycles. The highest BCUT2D eigenvalue weighted by atomic mass is 15.1. The lowest BCUT2D eigenvalue weighted by Gasteiger charge is -2.06. The van der Waals surface area contributed by atoms with Gasteiger partial charge in [0, 0.05) is 19.3 Å². The van der Waals surface area contributed by atoms with E-state index in [0.717, 1.165) is 0 Å². The van der Waals surface area contributed by atoms with Crippen molar-refractivity contribution in [2.24, 2.45) is 9.98 Å². The maximum atomic E-state index is 4.10. The van der Waals surface area contributed by atoms with Crippen LogP contribution in [0.3, 0.4) is 0 Å². The van der Waals surface area contributed by atoms with Crippen LogP contribution in [0.1, 0.15) is 20.8 Å². The Balaban J connectivity index is 4.01. The topological polar surface area (TPSA) is 36.8 Å². The first-order valence-corrected chi connectivity index (χ1v) is 4.09. The molecular formula is C9H17N3. The van der Waals surface area contributed by atoms with Gasteiger partial charge in [-0.3, -0.25) is 4.99 Å². The van der Waals surface area contributed by atoms with Gasteiger partial charge < -0.3 is 5.32 Å². The van der Waals surface area contributed by atoms with Gasteiger partial charge in [0.05, 0.1) is 0 Å². The molecule has 0 radical (unpaired) electrons. The third-order valence-corrected chi connectivity index (χ3v) is 1.10. The lowest BCUT2D eigenvalue weighted by Crippen LogP contribution is -2.28. The van der Waals surface area contributed by atoms with Crippen molar-refractivity contribution in [3.8, 4) is 0 Å². The van der Waals surface area contributed by atoms with Crippen LogP contribution >= 0.6 is 0 Å². The number of guanidine groups is 1. The van der Waals surface area contributed by atoms with E-state index in [-0.39, 0.29) is 0 Å². The number of allylic oxidation sites excluding steroid dienone is 2. The van der Waals surface area contributed by atoms with Crippen molar-refractivity contribution >= 4 is 12.2 Å². The van der Waals surface area contributed by atoms with Crippen molar-refractivity contribution in [3.05, 3.63) is 12.2 Å². The summed E-state index contributed by atoms with van der Waals surface area (Å²) in [4.78, 5) is 8.07.